The highest BCUT2D eigenvalue weighted by atomic mass is 79.9. The van der Waals surface area contributed by atoms with Crippen molar-refractivity contribution in [3.05, 3.63) is 69.7 Å². The molecule has 0 radical (unpaired) electrons. The second kappa shape index (κ2) is 5.21. The molecule has 100 valence electrons. The van der Waals surface area contributed by atoms with Gasteiger partial charge in [-0.05, 0) is 12.1 Å². The van der Waals surface area contributed by atoms with Gasteiger partial charge in [-0.3, -0.25) is 4.79 Å². The van der Waals surface area contributed by atoms with Crippen LogP contribution in [0.1, 0.15) is 38.8 Å². The highest BCUT2D eigenvalue weighted by molar-refractivity contribution is 9.10. The lowest BCUT2D eigenvalue weighted by atomic mass is 9.99. The zero-order valence-electron chi connectivity index (χ0n) is 10.5. The van der Waals surface area contributed by atoms with Gasteiger partial charge in [0.25, 0.3) is 0 Å². The first-order chi connectivity index (χ1) is 9.66. The standard InChI is InChI=1S/C16H11BrO3/c17-13-8-4-3-7-12(13)14(18)9-15-10-5-1-2-6-11(10)16(19)20-15/h1-8,15H,9H2. The van der Waals surface area contributed by atoms with Crippen molar-refractivity contribution in [1.29, 1.82) is 0 Å². The number of hydrogen-bond acceptors (Lipinski definition) is 3. The Labute approximate surface area is 124 Å². The lowest BCUT2D eigenvalue weighted by molar-refractivity contribution is 0.0367. The molecule has 0 saturated carbocycles. The maximum absolute atomic E-state index is 12.3. The van der Waals surface area contributed by atoms with E-state index in [1.54, 1.807) is 18.2 Å². The Hall–Kier alpha value is -1.94. The number of benzene rings is 2. The summed E-state index contributed by atoms with van der Waals surface area (Å²) in [4.78, 5) is 24.0. The number of cyclic esters (lactones) is 1. The van der Waals surface area contributed by atoms with E-state index in [4.69, 9.17) is 4.74 Å². The fourth-order valence-electron chi connectivity index (χ4n) is 2.34. The molecule has 0 N–H and O–H groups in total. The Morgan fingerprint density at radius 3 is 2.60 bits per heavy atom. The average Bonchev–Trinajstić information content (AvgIpc) is 2.76. The van der Waals surface area contributed by atoms with Crippen LogP contribution in [0, 0.1) is 0 Å². The third-order valence-corrected chi connectivity index (χ3v) is 4.01. The summed E-state index contributed by atoms with van der Waals surface area (Å²) in [5.74, 6) is -0.405. The second-order valence-electron chi connectivity index (χ2n) is 4.59. The van der Waals surface area contributed by atoms with Gasteiger partial charge in [-0.25, -0.2) is 4.79 Å². The number of ether oxygens (including phenoxy) is 1. The number of carbonyl (C=O) groups is 2. The third-order valence-electron chi connectivity index (χ3n) is 3.32. The minimum absolute atomic E-state index is 0.0491. The number of ketones is 1. The summed E-state index contributed by atoms with van der Waals surface area (Å²) in [7, 11) is 0. The molecule has 1 atom stereocenters. The maximum atomic E-state index is 12.3. The molecule has 1 aliphatic rings. The molecule has 1 heterocycles. The van der Waals surface area contributed by atoms with Gasteiger partial charge in [-0.1, -0.05) is 52.3 Å². The van der Waals surface area contributed by atoms with Gasteiger partial charge < -0.3 is 4.74 Å². The minimum Gasteiger partial charge on any atom is -0.453 e. The molecule has 3 nitrogen and oxygen atoms in total. The largest absolute Gasteiger partial charge is 0.453 e. The Balaban J connectivity index is 1.85. The lowest BCUT2D eigenvalue weighted by Gasteiger charge is -2.10. The number of Topliss-reactive ketones (excluding diaryl/α,β-unsaturated/α-hetero) is 1. The molecular formula is C16H11BrO3. The van der Waals surface area contributed by atoms with Gasteiger partial charge in [0.05, 0.1) is 12.0 Å². The first kappa shape index (κ1) is 13.1. The lowest BCUT2D eigenvalue weighted by Crippen LogP contribution is -2.08. The Morgan fingerprint density at radius 2 is 1.80 bits per heavy atom. The maximum Gasteiger partial charge on any atom is 0.339 e. The van der Waals surface area contributed by atoms with Crippen molar-refractivity contribution in [2.45, 2.75) is 12.5 Å². The van der Waals surface area contributed by atoms with Gasteiger partial charge in [0, 0.05) is 15.6 Å². The molecule has 2 aromatic rings. The molecule has 0 bridgehead atoms. The molecule has 1 unspecified atom stereocenters. The molecule has 2 aromatic carbocycles. The molecule has 20 heavy (non-hydrogen) atoms. The highest BCUT2D eigenvalue weighted by Gasteiger charge is 2.32. The zero-order chi connectivity index (χ0) is 14.1. The molecule has 0 spiro atoms. The van der Waals surface area contributed by atoms with Gasteiger partial charge >= 0.3 is 5.97 Å². The summed E-state index contributed by atoms with van der Waals surface area (Å²) in [6, 6.07) is 14.4. The van der Waals surface area contributed by atoms with Crippen LogP contribution < -0.4 is 0 Å². The number of carbonyl (C=O) groups excluding carboxylic acids is 2. The Morgan fingerprint density at radius 1 is 1.10 bits per heavy atom. The quantitative estimate of drug-likeness (QED) is 0.632. The topological polar surface area (TPSA) is 43.4 Å². The number of fused-ring (bicyclic) bond motifs is 1. The van der Waals surface area contributed by atoms with Crippen LogP contribution in [0.15, 0.2) is 53.0 Å². The number of halogens is 1. The van der Waals surface area contributed by atoms with E-state index in [1.807, 2.05) is 30.3 Å². The van der Waals surface area contributed by atoms with Crippen molar-refractivity contribution in [3.63, 3.8) is 0 Å². The van der Waals surface area contributed by atoms with Crippen molar-refractivity contribution < 1.29 is 14.3 Å². The first-order valence-corrected chi connectivity index (χ1v) is 7.04. The molecule has 0 amide bonds. The molecule has 0 aromatic heterocycles. The Kier molecular flexibility index (Phi) is 3.40. The van der Waals surface area contributed by atoms with Crippen LogP contribution in [0.25, 0.3) is 0 Å². The van der Waals surface area contributed by atoms with Gasteiger partial charge in [0.15, 0.2) is 5.78 Å². The van der Waals surface area contributed by atoms with Crippen LogP contribution in [0.5, 0.6) is 0 Å². The van der Waals surface area contributed by atoms with Gasteiger partial charge in [0.1, 0.15) is 6.10 Å². The van der Waals surface area contributed by atoms with E-state index < -0.39 is 6.10 Å². The summed E-state index contributed by atoms with van der Waals surface area (Å²) in [5, 5.41) is 0. The van der Waals surface area contributed by atoms with E-state index >= 15 is 0 Å². The minimum atomic E-state index is -0.488. The van der Waals surface area contributed by atoms with Crippen LogP contribution in [0.2, 0.25) is 0 Å². The Bertz CT molecular complexity index is 694. The van der Waals surface area contributed by atoms with Crippen LogP contribution in [-0.4, -0.2) is 11.8 Å². The monoisotopic (exact) mass is 330 g/mol. The van der Waals surface area contributed by atoms with Crippen molar-refractivity contribution in [1.82, 2.24) is 0 Å². The summed E-state index contributed by atoms with van der Waals surface area (Å²) in [6.45, 7) is 0. The van der Waals surface area contributed by atoms with E-state index in [2.05, 4.69) is 15.9 Å². The molecule has 0 fully saturated rings. The highest BCUT2D eigenvalue weighted by Crippen LogP contribution is 2.34. The van der Waals surface area contributed by atoms with Gasteiger partial charge in [-0.15, -0.1) is 0 Å². The van der Waals surface area contributed by atoms with Gasteiger partial charge in [-0.2, -0.15) is 0 Å². The fraction of sp³-hybridized carbons (Fsp3) is 0.125. The van der Waals surface area contributed by atoms with Crippen LogP contribution >= 0.6 is 15.9 Å². The first-order valence-electron chi connectivity index (χ1n) is 6.24. The van der Waals surface area contributed by atoms with E-state index in [1.165, 1.54) is 0 Å². The van der Waals surface area contributed by atoms with E-state index in [0.29, 0.717) is 11.1 Å². The average molecular weight is 331 g/mol. The van der Waals surface area contributed by atoms with Gasteiger partial charge in [0.2, 0.25) is 0 Å². The number of hydrogen-bond donors (Lipinski definition) is 0. The van der Waals surface area contributed by atoms with Crippen LogP contribution in [0.4, 0.5) is 0 Å². The van der Waals surface area contributed by atoms with E-state index in [-0.39, 0.29) is 18.2 Å². The SMILES string of the molecule is O=C(CC1OC(=O)c2ccccc21)c1ccccc1Br. The predicted octanol–water partition coefficient (Wildman–Crippen LogP) is 3.93. The molecule has 1 aliphatic heterocycles. The zero-order valence-corrected chi connectivity index (χ0v) is 12.1. The summed E-state index contributed by atoms with van der Waals surface area (Å²) in [6.07, 6.45) is -0.330. The molecular weight excluding hydrogens is 320 g/mol. The van der Waals surface area contributed by atoms with Crippen molar-refractivity contribution in [2.24, 2.45) is 0 Å². The van der Waals surface area contributed by atoms with E-state index in [0.717, 1.165) is 10.0 Å². The van der Waals surface area contributed by atoms with E-state index in [9.17, 15) is 9.59 Å². The predicted molar refractivity (Wildman–Crippen MR) is 77.7 cm³/mol. The number of esters is 1. The van der Waals surface area contributed by atoms with Crippen molar-refractivity contribution in [2.75, 3.05) is 0 Å². The summed E-state index contributed by atoms with van der Waals surface area (Å²) >= 11 is 3.36. The molecule has 0 aliphatic carbocycles. The van der Waals surface area contributed by atoms with Crippen molar-refractivity contribution in [3.8, 4) is 0 Å². The summed E-state index contributed by atoms with van der Waals surface area (Å²) < 4.78 is 6.04. The van der Waals surface area contributed by atoms with Crippen LogP contribution in [-0.2, 0) is 4.74 Å². The molecule has 4 heteroatoms. The third kappa shape index (κ3) is 2.27. The normalized spacial score (nSPS) is 16.6. The number of rotatable bonds is 3. The second-order valence-corrected chi connectivity index (χ2v) is 5.44. The fourth-order valence-corrected chi connectivity index (χ4v) is 2.84. The molecule has 3 rings (SSSR count). The summed E-state index contributed by atoms with van der Waals surface area (Å²) in [5.41, 5.74) is 1.95. The molecule has 0 saturated heterocycles. The smallest absolute Gasteiger partial charge is 0.339 e. The van der Waals surface area contributed by atoms with Crippen LogP contribution in [0.3, 0.4) is 0 Å². The van der Waals surface area contributed by atoms with Crippen molar-refractivity contribution >= 4 is 27.7 Å².